The van der Waals surface area contributed by atoms with Crippen LogP contribution in [0.5, 0.6) is 0 Å². The van der Waals surface area contributed by atoms with Crippen LogP contribution in [0.2, 0.25) is 0 Å². The SMILES string of the molecule is OCCO.OCCOCO. The van der Waals surface area contributed by atoms with Crippen molar-refractivity contribution in [3.05, 3.63) is 0 Å². The van der Waals surface area contributed by atoms with E-state index in [9.17, 15) is 0 Å². The predicted molar refractivity (Wildman–Crippen MR) is 34.3 cm³/mol. The van der Waals surface area contributed by atoms with Gasteiger partial charge in [0.1, 0.15) is 6.79 Å². The molecule has 0 aromatic carbocycles. The molecule has 64 valence electrons. The number of aliphatic hydroxyl groups excluding tert-OH is 4. The molecule has 0 heterocycles. The summed E-state index contributed by atoms with van der Waals surface area (Å²) in [6.07, 6.45) is 0. The summed E-state index contributed by atoms with van der Waals surface area (Å²) in [7, 11) is 0. The van der Waals surface area contributed by atoms with Crippen LogP contribution in [0.15, 0.2) is 0 Å². The highest BCUT2D eigenvalue weighted by molar-refractivity contribution is 4.14. The second-order valence-electron chi connectivity index (χ2n) is 1.21. The van der Waals surface area contributed by atoms with Crippen molar-refractivity contribution >= 4 is 0 Å². The van der Waals surface area contributed by atoms with E-state index in [1.54, 1.807) is 0 Å². The Morgan fingerprint density at radius 1 is 0.800 bits per heavy atom. The van der Waals surface area contributed by atoms with E-state index in [2.05, 4.69) is 4.74 Å². The molecule has 0 aromatic heterocycles. The molecule has 0 unspecified atom stereocenters. The van der Waals surface area contributed by atoms with Crippen LogP contribution in [0.25, 0.3) is 0 Å². The first kappa shape index (κ1) is 12.5. The zero-order valence-electron chi connectivity index (χ0n) is 5.73. The third-order valence-corrected chi connectivity index (χ3v) is 0.427. The van der Waals surface area contributed by atoms with Gasteiger partial charge in [0, 0.05) is 0 Å². The second-order valence-corrected chi connectivity index (χ2v) is 1.21. The molecular weight excluding hydrogens is 140 g/mol. The fourth-order valence-electron chi connectivity index (χ4n) is 0.129. The molecule has 5 nitrogen and oxygen atoms in total. The first-order chi connectivity index (χ1) is 4.83. The van der Waals surface area contributed by atoms with E-state index in [1.165, 1.54) is 0 Å². The normalized spacial score (nSPS) is 8.40. The van der Waals surface area contributed by atoms with Gasteiger partial charge in [0.2, 0.25) is 0 Å². The Balaban J connectivity index is 0. The van der Waals surface area contributed by atoms with Gasteiger partial charge in [0.25, 0.3) is 0 Å². The van der Waals surface area contributed by atoms with E-state index < -0.39 is 0 Å². The monoisotopic (exact) mass is 154 g/mol. The van der Waals surface area contributed by atoms with Crippen LogP contribution in [-0.4, -0.2) is 53.6 Å². The number of rotatable bonds is 4. The minimum atomic E-state index is -0.305. The summed E-state index contributed by atoms with van der Waals surface area (Å²) >= 11 is 0. The van der Waals surface area contributed by atoms with Crippen LogP contribution in [0.3, 0.4) is 0 Å². The summed E-state index contributed by atoms with van der Waals surface area (Å²) in [4.78, 5) is 0. The van der Waals surface area contributed by atoms with Gasteiger partial charge in [-0.25, -0.2) is 0 Å². The van der Waals surface area contributed by atoms with Gasteiger partial charge in [-0.1, -0.05) is 0 Å². The van der Waals surface area contributed by atoms with E-state index in [1.807, 2.05) is 0 Å². The summed E-state index contributed by atoms with van der Waals surface area (Å²) in [5.74, 6) is 0. The molecular formula is C5H14O5. The molecule has 0 amide bonds. The second kappa shape index (κ2) is 15.9. The van der Waals surface area contributed by atoms with Crippen LogP contribution in [0, 0.1) is 0 Å². The summed E-state index contributed by atoms with van der Waals surface area (Å²) < 4.78 is 4.29. The first-order valence-electron chi connectivity index (χ1n) is 2.84. The van der Waals surface area contributed by atoms with Crippen molar-refractivity contribution in [2.24, 2.45) is 0 Å². The van der Waals surface area contributed by atoms with Crippen molar-refractivity contribution in [3.63, 3.8) is 0 Å². The number of ether oxygens (including phenoxy) is 1. The van der Waals surface area contributed by atoms with Crippen molar-refractivity contribution in [1.82, 2.24) is 0 Å². The highest BCUT2D eigenvalue weighted by Gasteiger charge is 1.74. The van der Waals surface area contributed by atoms with E-state index >= 15 is 0 Å². The van der Waals surface area contributed by atoms with Gasteiger partial charge < -0.3 is 25.2 Å². The molecule has 0 atom stereocenters. The maximum Gasteiger partial charge on any atom is 0.143 e. The Bertz CT molecular complexity index is 35.0. The summed E-state index contributed by atoms with van der Waals surface area (Å²) in [5.41, 5.74) is 0. The lowest BCUT2D eigenvalue weighted by molar-refractivity contribution is -0.0157. The standard InChI is InChI=1S/C3H8O3.C2H6O2/c4-1-2-6-3-5;3-1-2-4/h4-5H,1-3H2;3-4H,1-2H2. The first-order valence-corrected chi connectivity index (χ1v) is 2.84. The third kappa shape index (κ3) is 25.0. The van der Waals surface area contributed by atoms with Crippen LogP contribution >= 0.6 is 0 Å². The largest absolute Gasteiger partial charge is 0.394 e. The van der Waals surface area contributed by atoms with Gasteiger partial charge in [-0.2, -0.15) is 0 Å². The third-order valence-electron chi connectivity index (χ3n) is 0.427. The van der Waals surface area contributed by atoms with Crippen molar-refractivity contribution in [3.8, 4) is 0 Å². The van der Waals surface area contributed by atoms with E-state index in [0.29, 0.717) is 0 Å². The molecule has 0 bridgehead atoms. The molecule has 5 heteroatoms. The summed E-state index contributed by atoms with van der Waals surface area (Å²) in [5, 5.41) is 31.1. The Morgan fingerprint density at radius 3 is 1.40 bits per heavy atom. The summed E-state index contributed by atoms with van der Waals surface area (Å²) in [6, 6.07) is 0. The van der Waals surface area contributed by atoms with Gasteiger partial charge in [0.05, 0.1) is 26.4 Å². The van der Waals surface area contributed by atoms with Crippen LogP contribution < -0.4 is 0 Å². The highest BCUT2D eigenvalue weighted by Crippen LogP contribution is 1.63. The van der Waals surface area contributed by atoms with Gasteiger partial charge in [0.15, 0.2) is 0 Å². The average molecular weight is 154 g/mol. The van der Waals surface area contributed by atoms with E-state index in [0.717, 1.165) is 0 Å². The van der Waals surface area contributed by atoms with Crippen LogP contribution in [-0.2, 0) is 4.74 Å². The topological polar surface area (TPSA) is 90.2 Å². The number of aliphatic hydroxyl groups is 4. The summed E-state index contributed by atoms with van der Waals surface area (Å²) in [6.45, 7) is -0.363. The number of hydrogen-bond donors (Lipinski definition) is 4. The Hall–Kier alpha value is -0.200. The smallest absolute Gasteiger partial charge is 0.143 e. The van der Waals surface area contributed by atoms with Crippen molar-refractivity contribution in [2.45, 2.75) is 0 Å². The van der Waals surface area contributed by atoms with Crippen LogP contribution in [0.4, 0.5) is 0 Å². The van der Waals surface area contributed by atoms with Crippen molar-refractivity contribution in [2.75, 3.05) is 33.2 Å². The van der Waals surface area contributed by atoms with E-state index in [-0.39, 0.29) is 33.2 Å². The minimum absolute atomic E-state index is 0.0272. The molecule has 0 radical (unpaired) electrons. The Kier molecular flexibility index (Phi) is 19.9. The highest BCUT2D eigenvalue weighted by atomic mass is 16.6. The predicted octanol–water partition coefficient (Wildman–Crippen LogP) is -2.08. The molecule has 0 aromatic rings. The molecule has 0 fully saturated rings. The molecule has 4 N–H and O–H groups in total. The van der Waals surface area contributed by atoms with Crippen molar-refractivity contribution in [1.29, 1.82) is 0 Å². The lowest BCUT2D eigenvalue weighted by atomic mass is 10.8. The maximum absolute atomic E-state index is 7.96. The zero-order valence-corrected chi connectivity index (χ0v) is 5.73. The fourth-order valence-corrected chi connectivity index (χ4v) is 0.129. The molecule has 0 saturated heterocycles. The molecule has 0 spiro atoms. The van der Waals surface area contributed by atoms with Gasteiger partial charge >= 0.3 is 0 Å². The lowest BCUT2D eigenvalue weighted by Crippen LogP contribution is -1.98. The zero-order chi connectivity index (χ0) is 8.24. The van der Waals surface area contributed by atoms with Crippen molar-refractivity contribution < 1.29 is 25.2 Å². The Labute approximate surface area is 59.5 Å². The van der Waals surface area contributed by atoms with Gasteiger partial charge in [-0.15, -0.1) is 0 Å². The maximum atomic E-state index is 7.96. The average Bonchev–Trinajstić information content (AvgIpc) is 2.01. The molecule has 0 aliphatic rings. The van der Waals surface area contributed by atoms with Crippen LogP contribution in [0.1, 0.15) is 0 Å². The molecule has 10 heavy (non-hydrogen) atoms. The fraction of sp³-hybridized carbons (Fsp3) is 1.00. The minimum Gasteiger partial charge on any atom is -0.394 e. The molecule has 0 saturated carbocycles. The Morgan fingerprint density at radius 2 is 1.30 bits per heavy atom. The van der Waals surface area contributed by atoms with Gasteiger partial charge in [-0.3, -0.25) is 0 Å². The lowest BCUT2D eigenvalue weighted by Gasteiger charge is -1.90. The van der Waals surface area contributed by atoms with E-state index in [4.69, 9.17) is 20.4 Å². The number of hydrogen-bond acceptors (Lipinski definition) is 5. The molecule has 0 aliphatic carbocycles. The van der Waals surface area contributed by atoms with Gasteiger partial charge in [-0.05, 0) is 0 Å². The quantitative estimate of drug-likeness (QED) is 0.275. The molecule has 0 aliphatic heterocycles. The molecule has 0 rings (SSSR count).